The van der Waals surface area contributed by atoms with Crippen LogP contribution in [0.25, 0.3) is 0 Å². The van der Waals surface area contributed by atoms with Crippen LogP contribution in [-0.4, -0.2) is 53.4 Å². The molecule has 2 aromatic rings. The summed E-state index contributed by atoms with van der Waals surface area (Å²) in [7, 11) is 0. The summed E-state index contributed by atoms with van der Waals surface area (Å²) in [6.45, 7) is 4.94. The highest BCUT2D eigenvalue weighted by molar-refractivity contribution is 5.76. The number of pyridine rings is 1. The Hall–Kier alpha value is -2.20. The van der Waals surface area contributed by atoms with Crippen molar-refractivity contribution in [2.24, 2.45) is 0 Å². The van der Waals surface area contributed by atoms with E-state index in [4.69, 9.17) is 0 Å². The van der Waals surface area contributed by atoms with Crippen molar-refractivity contribution < 1.29 is 4.79 Å². The van der Waals surface area contributed by atoms with Crippen LogP contribution in [0.5, 0.6) is 0 Å². The zero-order valence-electron chi connectivity index (χ0n) is 15.5. The van der Waals surface area contributed by atoms with Gasteiger partial charge in [0.15, 0.2) is 0 Å². The van der Waals surface area contributed by atoms with Crippen LogP contribution in [0.2, 0.25) is 0 Å². The molecule has 0 atom stereocenters. The Morgan fingerprint density at radius 1 is 0.923 bits per heavy atom. The summed E-state index contributed by atoms with van der Waals surface area (Å²) in [5, 5.41) is 0. The van der Waals surface area contributed by atoms with Crippen LogP contribution in [0.15, 0.2) is 54.7 Å². The van der Waals surface area contributed by atoms with E-state index in [-0.39, 0.29) is 5.91 Å². The van der Waals surface area contributed by atoms with Crippen molar-refractivity contribution in [2.75, 3.05) is 32.7 Å². The summed E-state index contributed by atoms with van der Waals surface area (Å²) in [6, 6.07) is 16.6. The van der Waals surface area contributed by atoms with Gasteiger partial charge in [-0.05, 0) is 56.5 Å². The van der Waals surface area contributed by atoms with Crippen LogP contribution in [-0.2, 0) is 17.6 Å². The van der Waals surface area contributed by atoms with Crippen LogP contribution in [0.1, 0.15) is 30.5 Å². The number of benzene rings is 1. The summed E-state index contributed by atoms with van der Waals surface area (Å²) in [4.78, 5) is 21.4. The van der Waals surface area contributed by atoms with Crippen LogP contribution in [0, 0.1) is 0 Å². The first-order valence-corrected chi connectivity index (χ1v) is 9.75. The average molecular weight is 351 g/mol. The minimum absolute atomic E-state index is 0.266. The van der Waals surface area contributed by atoms with Crippen molar-refractivity contribution >= 4 is 5.91 Å². The van der Waals surface area contributed by atoms with E-state index in [0.717, 1.165) is 57.7 Å². The van der Waals surface area contributed by atoms with Crippen LogP contribution >= 0.6 is 0 Å². The predicted octanol–water partition coefficient (Wildman–Crippen LogP) is 3.18. The van der Waals surface area contributed by atoms with Crippen molar-refractivity contribution in [1.82, 2.24) is 14.8 Å². The molecular weight excluding hydrogens is 322 g/mol. The highest BCUT2D eigenvalue weighted by Gasteiger charge is 2.18. The molecule has 0 spiro atoms. The first kappa shape index (κ1) is 18.6. The molecule has 0 unspecified atom stereocenters. The molecule has 4 nitrogen and oxygen atoms in total. The lowest BCUT2D eigenvalue weighted by atomic mass is 10.1. The number of nitrogens with zero attached hydrogens (tertiary/aromatic N) is 3. The maximum absolute atomic E-state index is 12.5. The summed E-state index contributed by atoms with van der Waals surface area (Å²) in [5.74, 6) is 0.266. The first-order chi connectivity index (χ1) is 12.8. The van der Waals surface area contributed by atoms with E-state index in [1.54, 1.807) is 6.20 Å². The second-order valence-corrected chi connectivity index (χ2v) is 6.99. The van der Waals surface area contributed by atoms with Crippen LogP contribution < -0.4 is 0 Å². The molecule has 1 saturated heterocycles. The van der Waals surface area contributed by atoms with E-state index in [1.165, 1.54) is 12.0 Å². The zero-order chi connectivity index (χ0) is 18.0. The quantitative estimate of drug-likeness (QED) is 0.769. The normalized spacial score (nSPS) is 15.6. The lowest BCUT2D eigenvalue weighted by Crippen LogP contribution is -2.35. The molecule has 1 aliphatic heterocycles. The van der Waals surface area contributed by atoms with E-state index in [1.807, 2.05) is 23.1 Å². The standard InChI is InChI=1S/C22H29N3O/c26-22(13-12-21-11-4-5-14-23-21)25-17-7-16-24(18-19-25)15-6-10-20-8-2-1-3-9-20/h1-5,8-9,11,14H,6-7,10,12-13,15-19H2. The van der Waals surface area contributed by atoms with Gasteiger partial charge >= 0.3 is 0 Å². The average Bonchev–Trinajstić information content (AvgIpc) is 2.94. The van der Waals surface area contributed by atoms with Crippen molar-refractivity contribution in [3.8, 4) is 0 Å². The molecule has 2 heterocycles. The fourth-order valence-corrected chi connectivity index (χ4v) is 3.53. The summed E-state index contributed by atoms with van der Waals surface area (Å²) < 4.78 is 0. The van der Waals surface area contributed by atoms with Crippen molar-refractivity contribution in [3.05, 3.63) is 66.0 Å². The van der Waals surface area contributed by atoms with Crippen LogP contribution in [0.3, 0.4) is 0 Å². The lowest BCUT2D eigenvalue weighted by Gasteiger charge is -2.22. The van der Waals surface area contributed by atoms with Gasteiger partial charge in [0.1, 0.15) is 0 Å². The van der Waals surface area contributed by atoms with E-state index >= 15 is 0 Å². The molecular formula is C22H29N3O. The SMILES string of the molecule is O=C(CCc1ccccn1)N1CCCN(CCCc2ccccc2)CC1. The highest BCUT2D eigenvalue weighted by Crippen LogP contribution is 2.09. The van der Waals surface area contributed by atoms with Gasteiger partial charge in [0.05, 0.1) is 0 Å². The lowest BCUT2D eigenvalue weighted by molar-refractivity contribution is -0.131. The Kier molecular flexibility index (Phi) is 7.20. The number of aryl methyl sites for hydroxylation is 2. The van der Waals surface area contributed by atoms with Crippen molar-refractivity contribution in [2.45, 2.75) is 32.1 Å². The number of amides is 1. The number of hydrogen-bond acceptors (Lipinski definition) is 3. The monoisotopic (exact) mass is 351 g/mol. The first-order valence-electron chi connectivity index (χ1n) is 9.75. The maximum atomic E-state index is 12.5. The second-order valence-electron chi connectivity index (χ2n) is 6.99. The molecule has 0 saturated carbocycles. The second kappa shape index (κ2) is 10.1. The van der Waals surface area contributed by atoms with E-state index in [0.29, 0.717) is 6.42 Å². The summed E-state index contributed by atoms with van der Waals surface area (Å²) in [6.07, 6.45) is 6.46. The fourth-order valence-electron chi connectivity index (χ4n) is 3.53. The molecule has 0 N–H and O–H groups in total. The molecule has 26 heavy (non-hydrogen) atoms. The number of hydrogen-bond donors (Lipinski definition) is 0. The molecule has 138 valence electrons. The van der Waals surface area contributed by atoms with Gasteiger partial charge in [-0.1, -0.05) is 36.4 Å². The minimum Gasteiger partial charge on any atom is -0.341 e. The molecule has 1 aromatic carbocycles. The Morgan fingerprint density at radius 3 is 2.58 bits per heavy atom. The minimum atomic E-state index is 0.266. The van der Waals surface area contributed by atoms with E-state index in [9.17, 15) is 4.79 Å². The van der Waals surface area contributed by atoms with E-state index < -0.39 is 0 Å². The molecule has 1 aliphatic rings. The van der Waals surface area contributed by atoms with Gasteiger partial charge < -0.3 is 9.80 Å². The molecule has 1 fully saturated rings. The molecule has 0 bridgehead atoms. The van der Waals surface area contributed by atoms with Gasteiger partial charge in [-0.25, -0.2) is 0 Å². The summed E-state index contributed by atoms with van der Waals surface area (Å²) in [5.41, 5.74) is 2.41. The Morgan fingerprint density at radius 2 is 1.77 bits per heavy atom. The topological polar surface area (TPSA) is 36.4 Å². The largest absolute Gasteiger partial charge is 0.341 e. The third-order valence-corrected chi connectivity index (χ3v) is 5.04. The number of carbonyl (C=O) groups is 1. The van der Waals surface area contributed by atoms with Gasteiger partial charge in [0, 0.05) is 37.9 Å². The van der Waals surface area contributed by atoms with Gasteiger partial charge in [-0.3, -0.25) is 9.78 Å². The Bertz CT molecular complexity index is 660. The third-order valence-electron chi connectivity index (χ3n) is 5.04. The van der Waals surface area contributed by atoms with Crippen LogP contribution in [0.4, 0.5) is 0 Å². The maximum Gasteiger partial charge on any atom is 0.223 e. The van der Waals surface area contributed by atoms with Gasteiger partial charge in [0.2, 0.25) is 5.91 Å². The van der Waals surface area contributed by atoms with Gasteiger partial charge in [-0.2, -0.15) is 0 Å². The van der Waals surface area contributed by atoms with Gasteiger partial charge in [0.25, 0.3) is 0 Å². The number of rotatable bonds is 7. The van der Waals surface area contributed by atoms with Gasteiger partial charge in [-0.15, -0.1) is 0 Å². The predicted molar refractivity (Wildman–Crippen MR) is 105 cm³/mol. The highest BCUT2D eigenvalue weighted by atomic mass is 16.2. The number of carbonyl (C=O) groups excluding carboxylic acids is 1. The molecule has 0 radical (unpaired) electrons. The smallest absolute Gasteiger partial charge is 0.223 e. The van der Waals surface area contributed by atoms with E-state index in [2.05, 4.69) is 40.2 Å². The van der Waals surface area contributed by atoms with Crippen molar-refractivity contribution in [3.63, 3.8) is 0 Å². The van der Waals surface area contributed by atoms with Crippen molar-refractivity contribution in [1.29, 1.82) is 0 Å². The molecule has 1 amide bonds. The molecule has 0 aliphatic carbocycles. The molecule has 4 heteroatoms. The summed E-state index contributed by atoms with van der Waals surface area (Å²) >= 11 is 0. The molecule has 1 aromatic heterocycles. The third kappa shape index (κ3) is 5.95. The zero-order valence-corrected chi connectivity index (χ0v) is 15.5. The number of aromatic nitrogens is 1. The fraction of sp³-hybridized carbons (Fsp3) is 0.455. The Labute approximate surface area is 156 Å². The molecule has 3 rings (SSSR count). The Balaban J connectivity index is 1.37.